The molecule has 0 aliphatic carbocycles. The van der Waals surface area contributed by atoms with Crippen LogP contribution in [-0.4, -0.2) is 23.3 Å². The summed E-state index contributed by atoms with van der Waals surface area (Å²) in [7, 11) is -4.15. The zero-order valence-corrected chi connectivity index (χ0v) is 17.2. The molecule has 1 aromatic heterocycles. The van der Waals surface area contributed by atoms with Crippen LogP contribution in [0.1, 0.15) is 11.3 Å². The van der Waals surface area contributed by atoms with Crippen LogP contribution in [0, 0.1) is 10.1 Å². The van der Waals surface area contributed by atoms with Crippen molar-refractivity contribution < 1.29 is 17.5 Å². The fourth-order valence-corrected chi connectivity index (χ4v) is 3.81. The average molecular weight is 449 g/mol. The first-order valence-corrected chi connectivity index (χ1v) is 10.7. The molecule has 0 spiro atoms. The molecule has 0 aliphatic rings. The van der Waals surface area contributed by atoms with E-state index in [2.05, 4.69) is 9.97 Å². The van der Waals surface area contributed by atoms with E-state index < -0.39 is 15.0 Å². The smallest absolute Gasteiger partial charge is 0.339 e. The average Bonchev–Trinajstić information content (AvgIpc) is 2.78. The highest BCUT2D eigenvalue weighted by molar-refractivity contribution is 7.87. The van der Waals surface area contributed by atoms with Gasteiger partial charge in [-0.2, -0.15) is 8.42 Å². The minimum Gasteiger partial charge on any atom is -0.379 e. The first-order chi connectivity index (χ1) is 15.3. The molecular weight excluding hydrogens is 434 g/mol. The summed E-state index contributed by atoms with van der Waals surface area (Å²) in [5, 5.41) is 10.7. The second-order valence-electron chi connectivity index (χ2n) is 6.66. The molecule has 1 heterocycles. The van der Waals surface area contributed by atoms with Crippen LogP contribution in [0.25, 0.3) is 23.2 Å². The number of H-pyrrole nitrogens is 1. The Morgan fingerprint density at radius 2 is 1.62 bits per heavy atom. The number of hydrogen-bond acceptors (Lipinski definition) is 7. The molecule has 0 fully saturated rings. The summed E-state index contributed by atoms with van der Waals surface area (Å²) in [5.41, 5.74) is 1.69. The number of non-ortho nitro benzene ring substituents is 1. The van der Waals surface area contributed by atoms with Gasteiger partial charge in [0.1, 0.15) is 16.3 Å². The SMILES string of the molecule is O=c1[nH]c2ccccc2nc1/C=C/c1ccc(OS(=O)(=O)c2ccc([N+](=O)[O-])cc2)cc1. The lowest BCUT2D eigenvalue weighted by molar-refractivity contribution is -0.384. The van der Waals surface area contributed by atoms with Gasteiger partial charge in [0.25, 0.3) is 11.2 Å². The molecule has 1 N–H and O–H groups in total. The van der Waals surface area contributed by atoms with Crippen molar-refractivity contribution in [2.45, 2.75) is 4.90 Å². The van der Waals surface area contributed by atoms with Gasteiger partial charge in [0.05, 0.1) is 16.0 Å². The van der Waals surface area contributed by atoms with Crippen LogP contribution >= 0.6 is 0 Å². The molecular formula is C22H15N3O6S. The maximum absolute atomic E-state index is 12.4. The van der Waals surface area contributed by atoms with Crippen LogP contribution in [0.15, 0.2) is 82.5 Å². The van der Waals surface area contributed by atoms with Gasteiger partial charge in [-0.3, -0.25) is 14.9 Å². The number of aromatic amines is 1. The van der Waals surface area contributed by atoms with Crippen LogP contribution in [0.3, 0.4) is 0 Å². The third-order valence-corrected chi connectivity index (χ3v) is 5.74. The number of fused-ring (bicyclic) bond motifs is 1. The summed E-state index contributed by atoms with van der Waals surface area (Å²) >= 11 is 0. The maximum Gasteiger partial charge on any atom is 0.339 e. The molecule has 32 heavy (non-hydrogen) atoms. The first-order valence-electron chi connectivity index (χ1n) is 9.28. The number of para-hydroxylation sites is 2. The van der Waals surface area contributed by atoms with Crippen LogP contribution in [0.4, 0.5) is 5.69 Å². The van der Waals surface area contributed by atoms with E-state index in [1.807, 2.05) is 6.07 Å². The zero-order valence-electron chi connectivity index (χ0n) is 16.3. The zero-order chi connectivity index (χ0) is 22.7. The summed E-state index contributed by atoms with van der Waals surface area (Å²) in [4.78, 5) is 29.1. The topological polar surface area (TPSA) is 132 Å². The van der Waals surface area contributed by atoms with Gasteiger partial charge in [-0.25, -0.2) is 4.98 Å². The van der Waals surface area contributed by atoms with Gasteiger partial charge in [0.15, 0.2) is 0 Å². The Morgan fingerprint density at radius 1 is 0.938 bits per heavy atom. The molecule has 4 rings (SSSR count). The number of rotatable bonds is 6. The molecule has 0 amide bonds. The Kier molecular flexibility index (Phi) is 5.52. The number of nitrogens with one attached hydrogen (secondary N) is 1. The third kappa shape index (κ3) is 4.55. The summed E-state index contributed by atoms with van der Waals surface area (Å²) in [6, 6.07) is 17.7. The highest BCUT2D eigenvalue weighted by atomic mass is 32.2. The third-order valence-electron chi connectivity index (χ3n) is 4.48. The molecule has 3 aromatic carbocycles. The Bertz CT molecular complexity index is 1490. The Balaban J connectivity index is 1.50. The van der Waals surface area contributed by atoms with Gasteiger partial charge in [0, 0.05) is 12.1 Å². The second kappa shape index (κ2) is 8.44. The van der Waals surface area contributed by atoms with Crippen molar-refractivity contribution in [3.8, 4) is 5.75 Å². The summed E-state index contributed by atoms with van der Waals surface area (Å²) in [6.45, 7) is 0. The molecule has 9 nitrogen and oxygen atoms in total. The molecule has 0 atom stereocenters. The van der Waals surface area contributed by atoms with E-state index in [1.54, 1.807) is 42.5 Å². The minimum absolute atomic E-state index is 0.0715. The molecule has 0 unspecified atom stereocenters. The summed E-state index contributed by atoms with van der Waals surface area (Å²) < 4.78 is 29.8. The van der Waals surface area contributed by atoms with Crippen molar-refractivity contribution in [2.24, 2.45) is 0 Å². The lowest BCUT2D eigenvalue weighted by Crippen LogP contribution is -2.11. The quantitative estimate of drug-likeness (QED) is 0.269. The number of hydrogen-bond donors (Lipinski definition) is 1. The predicted octanol–water partition coefficient (Wildman–Crippen LogP) is 3.77. The molecule has 0 saturated heterocycles. The fraction of sp³-hybridized carbons (Fsp3) is 0. The Labute approximate surface area is 181 Å². The van der Waals surface area contributed by atoms with Gasteiger partial charge in [-0.1, -0.05) is 30.3 Å². The first kappa shape index (κ1) is 20.9. The molecule has 4 aromatic rings. The van der Waals surface area contributed by atoms with Crippen molar-refractivity contribution in [1.82, 2.24) is 9.97 Å². The van der Waals surface area contributed by atoms with Crippen LogP contribution < -0.4 is 9.74 Å². The standard InChI is InChI=1S/C22H15N3O6S/c26-22-21(23-19-3-1-2-4-20(19)24-22)14-7-15-5-10-17(11-6-15)31-32(29,30)18-12-8-16(9-13-18)25(27)28/h1-14H,(H,24,26)/b14-7+. The van der Waals surface area contributed by atoms with Crippen molar-refractivity contribution in [3.05, 3.63) is 105 Å². The molecule has 0 bridgehead atoms. The fourth-order valence-electron chi connectivity index (χ4n) is 2.88. The second-order valence-corrected chi connectivity index (χ2v) is 8.21. The van der Waals surface area contributed by atoms with E-state index in [0.29, 0.717) is 16.6 Å². The van der Waals surface area contributed by atoms with E-state index >= 15 is 0 Å². The van der Waals surface area contributed by atoms with Crippen molar-refractivity contribution in [3.63, 3.8) is 0 Å². The van der Waals surface area contributed by atoms with Crippen LogP contribution in [-0.2, 0) is 10.1 Å². The molecule has 160 valence electrons. The van der Waals surface area contributed by atoms with E-state index in [1.165, 1.54) is 12.1 Å². The number of nitro groups is 1. The number of benzene rings is 3. The Morgan fingerprint density at radius 3 is 2.31 bits per heavy atom. The van der Waals surface area contributed by atoms with Gasteiger partial charge in [0.2, 0.25) is 0 Å². The normalized spacial score (nSPS) is 11.6. The van der Waals surface area contributed by atoms with E-state index in [0.717, 1.165) is 24.3 Å². The summed E-state index contributed by atoms with van der Waals surface area (Å²) in [6.07, 6.45) is 3.23. The van der Waals surface area contributed by atoms with Gasteiger partial charge in [-0.05, 0) is 48.0 Å². The molecule has 0 saturated carbocycles. The largest absolute Gasteiger partial charge is 0.379 e. The van der Waals surface area contributed by atoms with Gasteiger partial charge in [-0.15, -0.1) is 0 Å². The Hall–Kier alpha value is -4.31. The van der Waals surface area contributed by atoms with Crippen LogP contribution in [0.2, 0.25) is 0 Å². The minimum atomic E-state index is -4.15. The van der Waals surface area contributed by atoms with Gasteiger partial charge >= 0.3 is 10.1 Å². The van der Waals surface area contributed by atoms with E-state index in [4.69, 9.17) is 4.18 Å². The number of nitrogens with zero attached hydrogens (tertiary/aromatic N) is 2. The molecule has 0 aliphatic heterocycles. The van der Waals surface area contributed by atoms with Crippen molar-refractivity contribution in [1.29, 1.82) is 0 Å². The van der Waals surface area contributed by atoms with Crippen molar-refractivity contribution in [2.75, 3.05) is 0 Å². The number of nitro benzene ring substituents is 1. The van der Waals surface area contributed by atoms with Crippen molar-refractivity contribution >= 4 is 39.0 Å². The molecule has 0 radical (unpaired) electrons. The lowest BCUT2D eigenvalue weighted by Gasteiger charge is -2.07. The monoisotopic (exact) mass is 449 g/mol. The lowest BCUT2D eigenvalue weighted by atomic mass is 10.2. The highest BCUT2D eigenvalue weighted by Crippen LogP contribution is 2.22. The van der Waals surface area contributed by atoms with E-state index in [9.17, 15) is 23.3 Å². The summed E-state index contributed by atoms with van der Waals surface area (Å²) in [5.74, 6) is 0.0715. The predicted molar refractivity (Wildman–Crippen MR) is 119 cm³/mol. The highest BCUT2D eigenvalue weighted by Gasteiger charge is 2.18. The van der Waals surface area contributed by atoms with E-state index in [-0.39, 0.29) is 27.6 Å². The van der Waals surface area contributed by atoms with Crippen LogP contribution in [0.5, 0.6) is 5.75 Å². The number of aromatic nitrogens is 2. The van der Waals surface area contributed by atoms with Gasteiger partial charge < -0.3 is 9.17 Å². The molecule has 10 heteroatoms. The maximum atomic E-state index is 12.4.